The third-order valence-corrected chi connectivity index (χ3v) is 2.42. The number of carboxylic acids is 1. The number of pyridine rings is 2. The van der Waals surface area contributed by atoms with E-state index < -0.39 is 5.97 Å². The number of carboxylic acid groups (broad SMARTS) is 1. The molecule has 0 bridgehead atoms. The van der Waals surface area contributed by atoms with Gasteiger partial charge in [-0.15, -0.1) is 0 Å². The summed E-state index contributed by atoms with van der Waals surface area (Å²) in [5, 5.41) is 8.58. The summed E-state index contributed by atoms with van der Waals surface area (Å²) < 4.78 is 0. The third-order valence-electron chi connectivity index (χ3n) is 2.42. The topological polar surface area (TPSA) is 63.1 Å². The molecule has 0 amide bonds. The highest BCUT2D eigenvalue weighted by molar-refractivity contribution is 5.77. The Hall–Kier alpha value is -1.97. The lowest BCUT2D eigenvalue weighted by Gasteiger charge is -2.03. The molecule has 0 aliphatic carbocycles. The Balaban J connectivity index is 2.20. The van der Waals surface area contributed by atoms with Crippen LogP contribution in [0.2, 0.25) is 0 Å². The predicted octanol–water partition coefficient (Wildman–Crippen LogP) is 2.04. The van der Waals surface area contributed by atoms with Gasteiger partial charge in [0.05, 0.1) is 11.0 Å². The normalized spacial score (nSPS) is 10.5. The number of aryl methyl sites for hydroxylation is 1. The van der Waals surface area contributed by atoms with Crippen molar-refractivity contribution in [3.05, 3.63) is 36.2 Å². The molecule has 0 radical (unpaired) electrons. The maximum absolute atomic E-state index is 10.4. The van der Waals surface area contributed by atoms with Gasteiger partial charge in [-0.25, -0.2) is 0 Å². The van der Waals surface area contributed by atoms with Crippen LogP contribution in [-0.2, 0) is 11.2 Å². The van der Waals surface area contributed by atoms with Crippen LogP contribution >= 0.6 is 0 Å². The van der Waals surface area contributed by atoms with Crippen molar-refractivity contribution in [2.45, 2.75) is 19.3 Å². The lowest BCUT2D eigenvalue weighted by atomic mass is 10.1. The second-order valence-electron chi connectivity index (χ2n) is 3.59. The number of fused-ring (bicyclic) bond motifs is 1. The van der Waals surface area contributed by atoms with Crippen LogP contribution < -0.4 is 0 Å². The van der Waals surface area contributed by atoms with Gasteiger partial charge < -0.3 is 5.11 Å². The standard InChI is InChI=1S/C12H12N2O2/c15-11(16)5-1-3-9-6-8-13-10-4-2-7-14-12(9)10/h2,4,6-8H,1,3,5H2,(H,15,16). The molecule has 0 aromatic carbocycles. The number of nitrogens with zero attached hydrogens (tertiary/aromatic N) is 2. The van der Waals surface area contributed by atoms with Crippen molar-refractivity contribution in [3.63, 3.8) is 0 Å². The molecule has 0 spiro atoms. The molecule has 0 fully saturated rings. The van der Waals surface area contributed by atoms with Gasteiger partial charge in [0.1, 0.15) is 0 Å². The van der Waals surface area contributed by atoms with E-state index in [4.69, 9.17) is 5.11 Å². The molecule has 0 aliphatic rings. The lowest BCUT2D eigenvalue weighted by molar-refractivity contribution is -0.137. The Morgan fingerprint density at radius 1 is 1.25 bits per heavy atom. The van der Waals surface area contributed by atoms with E-state index in [1.807, 2.05) is 18.2 Å². The molecule has 2 aromatic rings. The smallest absolute Gasteiger partial charge is 0.303 e. The molecule has 0 atom stereocenters. The SMILES string of the molecule is O=C(O)CCCc1ccnc2cccnc12. The quantitative estimate of drug-likeness (QED) is 0.849. The average molecular weight is 216 g/mol. The molecule has 4 heteroatoms. The van der Waals surface area contributed by atoms with Crippen LogP contribution in [0.15, 0.2) is 30.6 Å². The van der Waals surface area contributed by atoms with Gasteiger partial charge in [-0.05, 0) is 36.6 Å². The maximum atomic E-state index is 10.4. The van der Waals surface area contributed by atoms with Crippen LogP contribution in [-0.4, -0.2) is 21.0 Å². The summed E-state index contributed by atoms with van der Waals surface area (Å²) in [6.45, 7) is 0. The van der Waals surface area contributed by atoms with Gasteiger partial charge in [-0.1, -0.05) is 0 Å². The molecular weight excluding hydrogens is 204 g/mol. The largest absolute Gasteiger partial charge is 0.481 e. The first kappa shape index (κ1) is 10.5. The van der Waals surface area contributed by atoms with Crippen molar-refractivity contribution < 1.29 is 9.90 Å². The van der Waals surface area contributed by atoms with Gasteiger partial charge in [-0.3, -0.25) is 14.8 Å². The summed E-state index contributed by atoms with van der Waals surface area (Å²) in [6, 6.07) is 5.65. The number of aliphatic carboxylic acids is 1. The minimum atomic E-state index is -0.758. The first-order valence-electron chi connectivity index (χ1n) is 5.18. The van der Waals surface area contributed by atoms with Crippen LogP contribution in [0.5, 0.6) is 0 Å². The Morgan fingerprint density at radius 2 is 2.12 bits per heavy atom. The molecule has 16 heavy (non-hydrogen) atoms. The zero-order chi connectivity index (χ0) is 11.4. The van der Waals surface area contributed by atoms with E-state index in [-0.39, 0.29) is 6.42 Å². The first-order chi connectivity index (χ1) is 7.77. The molecule has 2 aromatic heterocycles. The molecule has 4 nitrogen and oxygen atoms in total. The van der Waals surface area contributed by atoms with Crippen LogP contribution in [0.4, 0.5) is 0 Å². The Morgan fingerprint density at radius 3 is 2.94 bits per heavy atom. The molecule has 2 rings (SSSR count). The van der Waals surface area contributed by atoms with Crippen molar-refractivity contribution in [1.29, 1.82) is 0 Å². The highest BCUT2D eigenvalue weighted by atomic mass is 16.4. The van der Waals surface area contributed by atoms with E-state index in [1.165, 1.54) is 0 Å². The van der Waals surface area contributed by atoms with E-state index in [2.05, 4.69) is 9.97 Å². The van der Waals surface area contributed by atoms with Crippen LogP contribution in [0.25, 0.3) is 11.0 Å². The number of hydrogen-bond donors (Lipinski definition) is 1. The summed E-state index contributed by atoms with van der Waals surface area (Å²) in [6.07, 6.45) is 5.01. The second kappa shape index (κ2) is 4.70. The fourth-order valence-electron chi connectivity index (χ4n) is 1.67. The fraction of sp³-hybridized carbons (Fsp3) is 0.250. The van der Waals surface area contributed by atoms with Crippen molar-refractivity contribution in [2.24, 2.45) is 0 Å². The molecule has 1 N–H and O–H groups in total. The zero-order valence-electron chi connectivity index (χ0n) is 8.76. The minimum absolute atomic E-state index is 0.191. The van der Waals surface area contributed by atoms with Crippen LogP contribution in [0.3, 0.4) is 0 Å². The highest BCUT2D eigenvalue weighted by Crippen LogP contribution is 2.15. The Bertz CT molecular complexity index is 506. The predicted molar refractivity (Wildman–Crippen MR) is 60.1 cm³/mol. The summed E-state index contributed by atoms with van der Waals surface area (Å²) in [7, 11) is 0. The summed E-state index contributed by atoms with van der Waals surface area (Å²) in [4.78, 5) is 18.9. The number of carbonyl (C=O) groups is 1. The van der Waals surface area contributed by atoms with Gasteiger partial charge in [0.25, 0.3) is 0 Å². The number of rotatable bonds is 4. The number of aromatic nitrogens is 2. The van der Waals surface area contributed by atoms with Gasteiger partial charge in [0.2, 0.25) is 0 Å². The van der Waals surface area contributed by atoms with Crippen molar-refractivity contribution in [3.8, 4) is 0 Å². The lowest BCUT2D eigenvalue weighted by Crippen LogP contribution is -1.97. The average Bonchev–Trinajstić information content (AvgIpc) is 2.29. The molecule has 2 heterocycles. The Labute approximate surface area is 93.0 Å². The van der Waals surface area contributed by atoms with Crippen LogP contribution in [0, 0.1) is 0 Å². The van der Waals surface area contributed by atoms with E-state index in [0.717, 1.165) is 23.0 Å². The van der Waals surface area contributed by atoms with Crippen LogP contribution in [0.1, 0.15) is 18.4 Å². The summed E-state index contributed by atoms with van der Waals surface area (Å²) in [5.41, 5.74) is 2.79. The first-order valence-corrected chi connectivity index (χ1v) is 5.18. The highest BCUT2D eigenvalue weighted by Gasteiger charge is 2.03. The van der Waals surface area contributed by atoms with E-state index >= 15 is 0 Å². The maximum Gasteiger partial charge on any atom is 0.303 e. The van der Waals surface area contributed by atoms with Crippen molar-refractivity contribution >= 4 is 17.0 Å². The number of hydrogen-bond acceptors (Lipinski definition) is 3. The van der Waals surface area contributed by atoms with E-state index in [1.54, 1.807) is 12.4 Å². The molecule has 0 saturated carbocycles. The molecule has 0 unspecified atom stereocenters. The molecule has 0 aliphatic heterocycles. The van der Waals surface area contributed by atoms with E-state index in [0.29, 0.717) is 6.42 Å². The summed E-state index contributed by atoms with van der Waals surface area (Å²) in [5.74, 6) is -0.758. The van der Waals surface area contributed by atoms with Gasteiger partial charge >= 0.3 is 5.97 Å². The third kappa shape index (κ3) is 2.34. The van der Waals surface area contributed by atoms with Gasteiger partial charge in [-0.2, -0.15) is 0 Å². The van der Waals surface area contributed by atoms with E-state index in [9.17, 15) is 4.79 Å². The molecule has 0 saturated heterocycles. The van der Waals surface area contributed by atoms with Crippen molar-refractivity contribution in [1.82, 2.24) is 9.97 Å². The summed E-state index contributed by atoms with van der Waals surface area (Å²) >= 11 is 0. The second-order valence-corrected chi connectivity index (χ2v) is 3.59. The van der Waals surface area contributed by atoms with Crippen molar-refractivity contribution in [2.75, 3.05) is 0 Å². The van der Waals surface area contributed by atoms with Gasteiger partial charge in [0, 0.05) is 18.8 Å². The monoisotopic (exact) mass is 216 g/mol. The molecular formula is C12H12N2O2. The van der Waals surface area contributed by atoms with Gasteiger partial charge in [0.15, 0.2) is 0 Å². The Kier molecular flexibility index (Phi) is 3.10. The molecule has 82 valence electrons. The minimum Gasteiger partial charge on any atom is -0.481 e. The fourth-order valence-corrected chi connectivity index (χ4v) is 1.67. The zero-order valence-corrected chi connectivity index (χ0v) is 8.76.